The highest BCUT2D eigenvalue weighted by Gasteiger charge is 2.19. The third kappa shape index (κ3) is 4.68. The van der Waals surface area contributed by atoms with Crippen LogP contribution >= 0.6 is 23.1 Å². The first kappa shape index (κ1) is 16.7. The van der Waals surface area contributed by atoms with Gasteiger partial charge in [0.1, 0.15) is 0 Å². The molecule has 0 aliphatic rings. The van der Waals surface area contributed by atoms with E-state index < -0.39 is 0 Å². The van der Waals surface area contributed by atoms with E-state index >= 15 is 0 Å². The molecule has 22 heavy (non-hydrogen) atoms. The Bertz CT molecular complexity index is 623. The van der Waals surface area contributed by atoms with Crippen LogP contribution in [0.3, 0.4) is 0 Å². The topological polar surface area (TPSA) is 56.3 Å². The summed E-state index contributed by atoms with van der Waals surface area (Å²) in [6, 6.07) is 7.38. The zero-order valence-electron chi connectivity index (χ0n) is 12.4. The van der Waals surface area contributed by atoms with Crippen LogP contribution in [-0.4, -0.2) is 23.3 Å². The maximum absolute atomic E-state index is 12.3. The fraction of sp³-hybridized carbons (Fsp3) is 0.312. The fourth-order valence-electron chi connectivity index (χ4n) is 1.90. The van der Waals surface area contributed by atoms with Crippen LogP contribution in [0.5, 0.6) is 0 Å². The molecule has 0 N–H and O–H groups in total. The number of thiazole rings is 1. The molecule has 0 saturated carbocycles. The summed E-state index contributed by atoms with van der Waals surface area (Å²) in [7, 11) is 0. The second kappa shape index (κ2) is 8.10. The van der Waals surface area contributed by atoms with Gasteiger partial charge in [0.15, 0.2) is 10.1 Å². The fourth-order valence-corrected chi connectivity index (χ4v) is 3.49. The lowest BCUT2D eigenvalue weighted by molar-refractivity contribution is -0.143. The highest BCUT2D eigenvalue weighted by Crippen LogP contribution is 2.29. The van der Waals surface area contributed by atoms with Crippen molar-refractivity contribution in [1.82, 2.24) is 4.98 Å². The third-order valence-electron chi connectivity index (χ3n) is 2.98. The zero-order valence-corrected chi connectivity index (χ0v) is 14.1. The van der Waals surface area contributed by atoms with Gasteiger partial charge in [0.05, 0.1) is 13.0 Å². The van der Waals surface area contributed by atoms with Gasteiger partial charge in [0.25, 0.3) is 0 Å². The van der Waals surface area contributed by atoms with Crippen molar-refractivity contribution in [1.29, 1.82) is 0 Å². The van der Waals surface area contributed by atoms with E-state index in [2.05, 4.69) is 4.98 Å². The lowest BCUT2D eigenvalue weighted by atomic mass is 9.96. The van der Waals surface area contributed by atoms with E-state index in [-0.39, 0.29) is 24.1 Å². The van der Waals surface area contributed by atoms with E-state index in [0.29, 0.717) is 12.2 Å². The Morgan fingerprint density at radius 2 is 2.05 bits per heavy atom. The maximum atomic E-state index is 12.3. The molecule has 1 aromatic carbocycles. The highest BCUT2D eigenvalue weighted by molar-refractivity contribution is 8.01. The van der Waals surface area contributed by atoms with Gasteiger partial charge >= 0.3 is 5.97 Å². The first-order valence-corrected chi connectivity index (χ1v) is 8.67. The molecular weight excluding hydrogens is 318 g/mol. The Labute approximate surface area is 137 Å². The Kier molecular flexibility index (Phi) is 6.15. The van der Waals surface area contributed by atoms with Crippen LogP contribution in [0.15, 0.2) is 45.1 Å². The SMILES string of the molecule is CCOC(=O)CC(C)C(=O)c1ccc(Sc2nccs2)cc1. The second-order valence-corrected chi connectivity index (χ2v) is 6.91. The number of carbonyl (C=O) groups excluding carboxylic acids is 2. The Morgan fingerprint density at radius 1 is 1.32 bits per heavy atom. The monoisotopic (exact) mass is 335 g/mol. The minimum atomic E-state index is -0.378. The van der Waals surface area contributed by atoms with Gasteiger partial charge in [-0.3, -0.25) is 9.59 Å². The predicted octanol–water partition coefficient (Wildman–Crippen LogP) is 4.07. The lowest BCUT2D eigenvalue weighted by Gasteiger charge is -2.10. The van der Waals surface area contributed by atoms with Crippen LogP contribution in [0.2, 0.25) is 0 Å². The number of carbonyl (C=O) groups is 2. The number of hydrogen-bond donors (Lipinski definition) is 0. The summed E-state index contributed by atoms with van der Waals surface area (Å²) < 4.78 is 5.84. The van der Waals surface area contributed by atoms with E-state index in [0.717, 1.165) is 9.24 Å². The first-order valence-electron chi connectivity index (χ1n) is 6.97. The van der Waals surface area contributed by atoms with E-state index in [1.54, 1.807) is 55.3 Å². The van der Waals surface area contributed by atoms with Crippen molar-refractivity contribution in [2.75, 3.05) is 6.61 Å². The Balaban J connectivity index is 1.97. The summed E-state index contributed by atoms with van der Waals surface area (Å²) in [5, 5.41) is 1.93. The molecule has 1 heterocycles. The first-order chi connectivity index (χ1) is 10.6. The average molecular weight is 335 g/mol. The smallest absolute Gasteiger partial charge is 0.306 e. The van der Waals surface area contributed by atoms with Gasteiger partial charge in [-0.05, 0) is 19.1 Å². The number of hydrogen-bond acceptors (Lipinski definition) is 6. The maximum Gasteiger partial charge on any atom is 0.306 e. The zero-order chi connectivity index (χ0) is 15.9. The van der Waals surface area contributed by atoms with Crippen molar-refractivity contribution in [3.63, 3.8) is 0 Å². The standard InChI is InChI=1S/C16H17NO3S2/c1-3-20-14(18)10-11(2)15(19)12-4-6-13(7-5-12)22-16-17-8-9-21-16/h4-9,11H,3,10H2,1-2H3. The largest absolute Gasteiger partial charge is 0.466 e. The molecule has 4 nitrogen and oxygen atoms in total. The molecule has 1 aromatic heterocycles. The Morgan fingerprint density at radius 3 is 2.64 bits per heavy atom. The molecule has 1 unspecified atom stereocenters. The van der Waals surface area contributed by atoms with Crippen LogP contribution < -0.4 is 0 Å². The molecule has 116 valence electrons. The number of nitrogens with zero attached hydrogens (tertiary/aromatic N) is 1. The summed E-state index contributed by atoms with van der Waals surface area (Å²) in [4.78, 5) is 29.0. The minimum Gasteiger partial charge on any atom is -0.466 e. The molecule has 0 amide bonds. The highest BCUT2D eigenvalue weighted by atomic mass is 32.2. The van der Waals surface area contributed by atoms with Gasteiger partial charge < -0.3 is 4.74 Å². The predicted molar refractivity (Wildman–Crippen MR) is 87.4 cm³/mol. The van der Waals surface area contributed by atoms with Crippen molar-refractivity contribution >= 4 is 34.9 Å². The summed E-state index contributed by atoms with van der Waals surface area (Å²) in [6.07, 6.45) is 1.88. The van der Waals surface area contributed by atoms with Crippen molar-refractivity contribution in [3.05, 3.63) is 41.4 Å². The summed E-state index contributed by atoms with van der Waals surface area (Å²) in [6.45, 7) is 3.84. The number of esters is 1. The molecule has 0 fully saturated rings. The summed E-state index contributed by atoms with van der Waals surface area (Å²) >= 11 is 3.14. The Hall–Kier alpha value is -1.66. The van der Waals surface area contributed by atoms with Crippen molar-refractivity contribution in [3.8, 4) is 0 Å². The molecule has 1 atom stereocenters. The molecular formula is C16H17NO3S2. The minimum absolute atomic E-state index is 0.0427. The van der Waals surface area contributed by atoms with Gasteiger partial charge in [-0.25, -0.2) is 4.98 Å². The van der Waals surface area contributed by atoms with Crippen LogP contribution in [0.4, 0.5) is 0 Å². The van der Waals surface area contributed by atoms with Gasteiger partial charge in [0.2, 0.25) is 0 Å². The molecule has 0 aliphatic heterocycles. The number of ether oxygens (including phenoxy) is 1. The number of ketones is 1. The van der Waals surface area contributed by atoms with E-state index in [1.807, 2.05) is 17.5 Å². The molecule has 0 aliphatic carbocycles. The van der Waals surface area contributed by atoms with E-state index in [1.165, 1.54) is 0 Å². The molecule has 0 bridgehead atoms. The van der Waals surface area contributed by atoms with E-state index in [9.17, 15) is 9.59 Å². The van der Waals surface area contributed by atoms with Gasteiger partial charge in [-0.15, -0.1) is 11.3 Å². The summed E-state index contributed by atoms with van der Waals surface area (Å²) in [5.74, 6) is -0.755. The molecule has 0 radical (unpaired) electrons. The summed E-state index contributed by atoms with van der Waals surface area (Å²) in [5.41, 5.74) is 0.611. The number of aromatic nitrogens is 1. The van der Waals surface area contributed by atoms with Crippen LogP contribution in [0.25, 0.3) is 0 Å². The van der Waals surface area contributed by atoms with Crippen LogP contribution in [0.1, 0.15) is 30.6 Å². The quantitative estimate of drug-likeness (QED) is 0.564. The van der Waals surface area contributed by atoms with Crippen molar-refractivity contribution < 1.29 is 14.3 Å². The van der Waals surface area contributed by atoms with Gasteiger partial charge in [-0.2, -0.15) is 0 Å². The normalized spacial score (nSPS) is 11.9. The molecule has 6 heteroatoms. The molecule has 2 rings (SSSR count). The van der Waals surface area contributed by atoms with Crippen LogP contribution in [0, 0.1) is 5.92 Å². The van der Waals surface area contributed by atoms with E-state index in [4.69, 9.17) is 4.74 Å². The van der Waals surface area contributed by atoms with Crippen molar-refractivity contribution in [2.45, 2.75) is 29.5 Å². The molecule has 0 spiro atoms. The molecule has 2 aromatic rings. The second-order valence-electron chi connectivity index (χ2n) is 4.70. The number of rotatable bonds is 7. The van der Waals surface area contributed by atoms with Crippen molar-refractivity contribution in [2.24, 2.45) is 5.92 Å². The lowest BCUT2D eigenvalue weighted by Crippen LogP contribution is -2.17. The van der Waals surface area contributed by atoms with Crippen LogP contribution in [-0.2, 0) is 9.53 Å². The van der Waals surface area contributed by atoms with Gasteiger partial charge in [0, 0.05) is 28.0 Å². The average Bonchev–Trinajstić information content (AvgIpc) is 3.00. The van der Waals surface area contributed by atoms with Gasteiger partial charge in [-0.1, -0.05) is 30.8 Å². The third-order valence-corrected chi connectivity index (χ3v) is 4.87. The molecule has 0 saturated heterocycles. The number of Topliss-reactive ketones (excluding diaryl/α,β-unsaturated/α-hetero) is 1. The number of benzene rings is 1.